The van der Waals surface area contributed by atoms with E-state index in [1.165, 1.54) is 6.07 Å². The molecular weight excluding hydrogens is 342 g/mol. The first-order valence-corrected chi connectivity index (χ1v) is 8.07. The van der Waals surface area contributed by atoms with Crippen molar-refractivity contribution < 1.29 is 18.3 Å². The summed E-state index contributed by atoms with van der Waals surface area (Å²) in [5, 5.41) is 7.15. The number of carbonyl (C=O) groups is 1. The Hall–Kier alpha value is -2.87. The zero-order valence-electron chi connectivity index (χ0n) is 14.7. The lowest BCUT2D eigenvalue weighted by Gasteiger charge is -2.25. The Labute approximate surface area is 150 Å². The zero-order valence-corrected chi connectivity index (χ0v) is 14.7. The lowest BCUT2D eigenvalue weighted by molar-refractivity contribution is -0.117. The number of carbonyl (C=O) groups excluding carboxylic acids is 1. The first kappa shape index (κ1) is 17.9. The van der Waals surface area contributed by atoms with Crippen molar-refractivity contribution in [3.63, 3.8) is 0 Å². The van der Waals surface area contributed by atoms with Gasteiger partial charge in [-0.05, 0) is 36.3 Å². The van der Waals surface area contributed by atoms with Crippen molar-refractivity contribution in [3.05, 3.63) is 64.7 Å². The molecule has 2 heterocycles. The number of nitrogens with one attached hydrogen (secondary N) is 3. The lowest BCUT2D eigenvalue weighted by Crippen LogP contribution is -2.42. The summed E-state index contributed by atoms with van der Waals surface area (Å²) >= 11 is 0. The number of nitrogens with zero attached hydrogens (tertiary/aromatic N) is 1. The molecule has 2 aliphatic heterocycles. The second-order valence-electron chi connectivity index (χ2n) is 6.03. The number of rotatable bonds is 4. The number of benzene rings is 1. The molecule has 0 saturated carbocycles. The molecule has 3 rings (SSSR count). The Bertz CT molecular complexity index is 812. The van der Waals surface area contributed by atoms with Gasteiger partial charge in [0.05, 0.1) is 12.8 Å². The van der Waals surface area contributed by atoms with Crippen molar-refractivity contribution in [2.24, 2.45) is 0 Å². The molecule has 1 aromatic rings. The highest BCUT2D eigenvalue weighted by Crippen LogP contribution is 2.26. The minimum atomic E-state index is -0.818. The Balaban J connectivity index is 1.81. The largest absolute Gasteiger partial charge is 0.483 e. The molecule has 0 fully saturated rings. The van der Waals surface area contributed by atoms with E-state index in [-0.39, 0.29) is 0 Å². The molecular formula is C18H20F2N4O2. The number of ether oxygens (including phenoxy) is 1. The van der Waals surface area contributed by atoms with Gasteiger partial charge < -0.3 is 20.4 Å². The number of amides is 1. The van der Waals surface area contributed by atoms with Crippen molar-refractivity contribution >= 4 is 11.6 Å². The first-order chi connectivity index (χ1) is 12.4. The van der Waals surface area contributed by atoms with E-state index < -0.39 is 29.3 Å². The summed E-state index contributed by atoms with van der Waals surface area (Å²) in [6.45, 7) is 2.49. The molecule has 26 heavy (non-hydrogen) atoms. The van der Waals surface area contributed by atoms with Crippen LogP contribution >= 0.6 is 0 Å². The van der Waals surface area contributed by atoms with E-state index in [2.05, 4.69) is 16.1 Å². The van der Waals surface area contributed by atoms with E-state index in [1.54, 1.807) is 25.2 Å². The maximum atomic E-state index is 13.7. The van der Waals surface area contributed by atoms with E-state index >= 15 is 0 Å². The number of para-hydroxylation sites is 1. The standard InChI is InChI=1S/C18H20F2N4O2/c1-10-7-16(26-3)21-9-11(10)15-8-14(23-24(15)2)18(25)22-17-12(19)5-4-6-13(17)20/h4-8,14,21,23H,9H2,1-3H3,(H,22,25). The zero-order chi connectivity index (χ0) is 18.8. The summed E-state index contributed by atoms with van der Waals surface area (Å²) in [5.41, 5.74) is 5.33. The summed E-state index contributed by atoms with van der Waals surface area (Å²) in [6, 6.07) is 2.68. The van der Waals surface area contributed by atoms with Gasteiger partial charge in [0.15, 0.2) is 5.88 Å². The maximum Gasteiger partial charge on any atom is 0.247 e. The monoisotopic (exact) mass is 362 g/mol. The first-order valence-electron chi connectivity index (χ1n) is 8.07. The van der Waals surface area contributed by atoms with Gasteiger partial charge in [0.2, 0.25) is 5.91 Å². The SMILES string of the molecule is COC1=CC(C)=C(C2=CC(C(=O)Nc3c(F)cccc3F)NN2C)CN1. The lowest BCUT2D eigenvalue weighted by atomic mass is 10.0. The Kier molecular flexibility index (Phi) is 4.94. The number of hydrogen-bond acceptors (Lipinski definition) is 5. The van der Waals surface area contributed by atoms with E-state index in [9.17, 15) is 13.6 Å². The molecule has 6 nitrogen and oxygen atoms in total. The topological polar surface area (TPSA) is 65.6 Å². The molecule has 0 aromatic heterocycles. The average Bonchev–Trinajstić information content (AvgIpc) is 2.99. The van der Waals surface area contributed by atoms with Crippen LogP contribution in [0.4, 0.5) is 14.5 Å². The van der Waals surface area contributed by atoms with Crippen molar-refractivity contribution in [2.45, 2.75) is 13.0 Å². The van der Waals surface area contributed by atoms with E-state index in [0.717, 1.165) is 29.0 Å². The molecule has 0 saturated heterocycles. The van der Waals surface area contributed by atoms with Crippen molar-refractivity contribution in [1.82, 2.24) is 15.8 Å². The fourth-order valence-corrected chi connectivity index (χ4v) is 2.91. The van der Waals surface area contributed by atoms with Crippen molar-refractivity contribution in [2.75, 3.05) is 26.0 Å². The third kappa shape index (κ3) is 3.41. The van der Waals surface area contributed by atoms with Crippen molar-refractivity contribution in [3.8, 4) is 0 Å². The van der Waals surface area contributed by atoms with Gasteiger partial charge in [-0.3, -0.25) is 4.79 Å². The van der Waals surface area contributed by atoms with E-state index in [1.807, 2.05) is 13.0 Å². The fourth-order valence-electron chi connectivity index (χ4n) is 2.91. The Morgan fingerprint density at radius 2 is 2.04 bits per heavy atom. The van der Waals surface area contributed by atoms with Crippen molar-refractivity contribution in [1.29, 1.82) is 0 Å². The quantitative estimate of drug-likeness (QED) is 0.765. The highest BCUT2D eigenvalue weighted by molar-refractivity contribution is 5.96. The molecule has 3 N–H and O–H groups in total. The Morgan fingerprint density at radius 3 is 2.65 bits per heavy atom. The molecule has 1 amide bonds. The number of halogens is 2. The van der Waals surface area contributed by atoms with Gasteiger partial charge in [-0.2, -0.15) is 0 Å². The van der Waals surface area contributed by atoms with Gasteiger partial charge in [-0.25, -0.2) is 14.2 Å². The van der Waals surface area contributed by atoms with Crippen LogP contribution in [0.5, 0.6) is 0 Å². The van der Waals surface area contributed by atoms with Gasteiger partial charge in [-0.1, -0.05) is 6.07 Å². The van der Waals surface area contributed by atoms with Crippen LogP contribution in [0.1, 0.15) is 6.92 Å². The smallest absolute Gasteiger partial charge is 0.247 e. The molecule has 138 valence electrons. The van der Waals surface area contributed by atoms with Crippen LogP contribution in [0.15, 0.2) is 53.1 Å². The third-order valence-corrected chi connectivity index (χ3v) is 4.30. The number of hydrazine groups is 1. The molecule has 8 heteroatoms. The summed E-state index contributed by atoms with van der Waals surface area (Å²) in [7, 11) is 3.36. The van der Waals surface area contributed by atoms with Gasteiger partial charge in [0.25, 0.3) is 0 Å². The van der Waals surface area contributed by atoms with Crippen LogP contribution in [-0.4, -0.2) is 37.7 Å². The highest BCUT2D eigenvalue weighted by atomic mass is 19.1. The fraction of sp³-hybridized carbons (Fsp3) is 0.278. The number of methoxy groups -OCH3 is 1. The van der Waals surface area contributed by atoms with Crippen LogP contribution in [0.3, 0.4) is 0 Å². The van der Waals surface area contributed by atoms with Gasteiger partial charge in [-0.15, -0.1) is 0 Å². The van der Waals surface area contributed by atoms with Gasteiger partial charge >= 0.3 is 0 Å². The average molecular weight is 362 g/mol. The number of allylic oxidation sites excluding steroid dienone is 2. The number of dihydropyridines is 1. The molecule has 0 spiro atoms. The molecule has 0 radical (unpaired) electrons. The van der Waals surface area contributed by atoms with Gasteiger partial charge in [0, 0.05) is 19.7 Å². The summed E-state index contributed by atoms with van der Waals surface area (Å²) in [5.74, 6) is -1.52. The molecule has 1 unspecified atom stereocenters. The van der Waals surface area contributed by atoms with Gasteiger partial charge in [0.1, 0.15) is 23.4 Å². The van der Waals surface area contributed by atoms with E-state index in [4.69, 9.17) is 4.74 Å². The molecule has 0 bridgehead atoms. The second-order valence-corrected chi connectivity index (χ2v) is 6.03. The number of hydrogen-bond donors (Lipinski definition) is 3. The van der Waals surface area contributed by atoms with E-state index in [0.29, 0.717) is 12.4 Å². The third-order valence-electron chi connectivity index (χ3n) is 4.30. The molecule has 0 aliphatic carbocycles. The molecule has 2 aliphatic rings. The van der Waals surface area contributed by atoms with Crippen LogP contribution in [0.25, 0.3) is 0 Å². The molecule has 1 atom stereocenters. The predicted octanol–water partition coefficient (Wildman–Crippen LogP) is 2.01. The predicted molar refractivity (Wildman–Crippen MR) is 93.6 cm³/mol. The minimum absolute atomic E-state index is 0.453. The maximum absolute atomic E-state index is 13.7. The van der Waals surface area contributed by atoms with Crippen LogP contribution in [-0.2, 0) is 9.53 Å². The second kappa shape index (κ2) is 7.17. The Morgan fingerprint density at radius 1 is 1.35 bits per heavy atom. The number of likely N-dealkylation sites (N-methyl/N-ethyl adjacent to an activating group) is 1. The summed E-state index contributed by atoms with van der Waals surface area (Å²) < 4.78 is 32.6. The minimum Gasteiger partial charge on any atom is -0.483 e. The summed E-state index contributed by atoms with van der Waals surface area (Å²) in [4.78, 5) is 12.4. The summed E-state index contributed by atoms with van der Waals surface area (Å²) in [6.07, 6.45) is 3.59. The van der Waals surface area contributed by atoms with Crippen LogP contribution in [0, 0.1) is 11.6 Å². The van der Waals surface area contributed by atoms with Crippen LogP contribution < -0.4 is 16.1 Å². The molecule has 1 aromatic carbocycles. The van der Waals surface area contributed by atoms with Crippen LogP contribution in [0.2, 0.25) is 0 Å². The number of anilines is 1. The normalized spacial score (nSPS) is 19.7. The highest BCUT2D eigenvalue weighted by Gasteiger charge is 2.30.